The van der Waals surface area contributed by atoms with Crippen LogP contribution in [0.2, 0.25) is 0 Å². The summed E-state index contributed by atoms with van der Waals surface area (Å²) in [6, 6.07) is 9.25. The Balaban J connectivity index is 1.26. The number of carbonyl (C=O) groups excluding carboxylic acids is 2. The molecule has 11 nitrogen and oxygen atoms in total. The normalized spacial score (nSPS) is 17.6. The standard InChI is InChI=1S/C35H37F3N8O3/c1-18(40-34(47)30-24(37)14-22(36)15-25(30)38)26-8-7-20-12-28(45(32(20)41-26)16-19-5-6-19)33-42-27-11-21(13-29(49-4)31(27)44(33)3)35(48)46-17-23(39)9-10-43(46)2/h7-8,11-15,18-19,23H,5-6,9-10,16-17,39H2,1-4H3,(H,40,47)/t18-,23-/m1/s1. The van der Waals surface area contributed by atoms with Crippen molar-refractivity contribution < 1.29 is 27.5 Å². The molecule has 14 heteroatoms. The van der Waals surface area contributed by atoms with Crippen LogP contribution in [0.4, 0.5) is 13.2 Å². The Kier molecular flexibility index (Phi) is 8.31. The maximum atomic E-state index is 14.3. The van der Waals surface area contributed by atoms with Crippen molar-refractivity contribution in [1.29, 1.82) is 0 Å². The lowest BCUT2D eigenvalue weighted by Gasteiger charge is -2.38. The summed E-state index contributed by atoms with van der Waals surface area (Å²) in [5.74, 6) is -3.26. The predicted molar refractivity (Wildman–Crippen MR) is 177 cm³/mol. The maximum Gasteiger partial charge on any atom is 0.268 e. The summed E-state index contributed by atoms with van der Waals surface area (Å²) in [6.07, 6.45) is 2.97. The molecule has 2 aliphatic rings. The summed E-state index contributed by atoms with van der Waals surface area (Å²) in [6.45, 7) is 3.44. The molecule has 3 N–H and O–H groups in total. The van der Waals surface area contributed by atoms with Gasteiger partial charge in [-0.05, 0) is 62.4 Å². The highest BCUT2D eigenvalue weighted by Gasteiger charge is 2.30. The molecule has 2 atom stereocenters. The SMILES string of the molecule is COc1cc(C(=O)N2C[C@H](N)CCN2C)cc2nc(-c3cc4ccc([C@@H](C)NC(=O)c5c(F)cc(F)cc5F)nc4n3CC3CC3)n(C)c12. The molecule has 7 rings (SSSR count). The van der Waals surface area contributed by atoms with Gasteiger partial charge in [0.15, 0.2) is 5.82 Å². The minimum Gasteiger partial charge on any atom is -0.494 e. The van der Waals surface area contributed by atoms with Crippen LogP contribution in [0.5, 0.6) is 5.75 Å². The zero-order chi connectivity index (χ0) is 34.7. The number of hydrazine groups is 1. The number of hydrogen-bond acceptors (Lipinski definition) is 7. The van der Waals surface area contributed by atoms with E-state index >= 15 is 0 Å². The fraction of sp³-hybridized carbons (Fsp3) is 0.371. The number of carbonyl (C=O) groups is 2. The van der Waals surface area contributed by atoms with E-state index in [0.717, 1.165) is 35.9 Å². The van der Waals surface area contributed by atoms with Crippen LogP contribution in [-0.4, -0.2) is 74.2 Å². The second kappa shape index (κ2) is 12.5. The van der Waals surface area contributed by atoms with Crippen molar-refractivity contribution in [2.75, 3.05) is 27.2 Å². The molecule has 1 saturated carbocycles. The first kappa shape index (κ1) is 32.6. The summed E-state index contributed by atoms with van der Waals surface area (Å²) >= 11 is 0. The average Bonchev–Trinajstić information content (AvgIpc) is 3.73. The van der Waals surface area contributed by atoms with Gasteiger partial charge >= 0.3 is 0 Å². The van der Waals surface area contributed by atoms with Crippen LogP contribution in [0, 0.1) is 23.4 Å². The third-order valence-electron chi connectivity index (χ3n) is 9.44. The number of nitrogens with zero attached hydrogens (tertiary/aromatic N) is 6. The lowest BCUT2D eigenvalue weighted by Crippen LogP contribution is -2.55. The van der Waals surface area contributed by atoms with Gasteiger partial charge in [-0.15, -0.1) is 0 Å². The highest BCUT2D eigenvalue weighted by molar-refractivity contribution is 6.00. The largest absolute Gasteiger partial charge is 0.494 e. The molecule has 3 aromatic heterocycles. The van der Waals surface area contributed by atoms with E-state index in [-0.39, 0.29) is 11.9 Å². The van der Waals surface area contributed by atoms with Crippen molar-refractivity contribution in [2.45, 2.75) is 44.8 Å². The lowest BCUT2D eigenvalue weighted by atomic mass is 10.1. The topological polar surface area (TPSA) is 124 Å². The van der Waals surface area contributed by atoms with Crippen LogP contribution in [-0.2, 0) is 13.6 Å². The van der Waals surface area contributed by atoms with Gasteiger partial charge in [0, 0.05) is 56.3 Å². The number of pyridine rings is 1. The van der Waals surface area contributed by atoms with Crippen molar-refractivity contribution >= 4 is 33.9 Å². The number of benzene rings is 2. The number of aryl methyl sites for hydroxylation is 1. The molecule has 49 heavy (non-hydrogen) atoms. The first-order chi connectivity index (χ1) is 23.4. The van der Waals surface area contributed by atoms with Gasteiger partial charge in [-0.25, -0.2) is 28.1 Å². The molecule has 5 aromatic rings. The fourth-order valence-corrected chi connectivity index (χ4v) is 6.55. The molecule has 1 saturated heterocycles. The molecule has 1 aliphatic heterocycles. The summed E-state index contributed by atoms with van der Waals surface area (Å²) in [7, 11) is 5.33. The van der Waals surface area contributed by atoms with Gasteiger partial charge in [0.1, 0.15) is 39.9 Å². The summed E-state index contributed by atoms with van der Waals surface area (Å²) in [4.78, 5) is 36.4. The number of methoxy groups -OCH3 is 1. The van der Waals surface area contributed by atoms with E-state index in [4.69, 9.17) is 20.4 Å². The molecule has 0 spiro atoms. The van der Waals surface area contributed by atoms with Crippen molar-refractivity contribution in [3.63, 3.8) is 0 Å². The number of fused-ring (bicyclic) bond motifs is 2. The van der Waals surface area contributed by atoms with Crippen LogP contribution in [0.15, 0.2) is 42.5 Å². The van der Waals surface area contributed by atoms with E-state index in [1.807, 2.05) is 35.8 Å². The summed E-state index contributed by atoms with van der Waals surface area (Å²) < 4.78 is 51.8. The van der Waals surface area contributed by atoms with E-state index in [9.17, 15) is 22.8 Å². The van der Waals surface area contributed by atoms with Crippen molar-refractivity contribution in [2.24, 2.45) is 18.7 Å². The van der Waals surface area contributed by atoms with Crippen molar-refractivity contribution in [1.82, 2.24) is 34.4 Å². The van der Waals surface area contributed by atoms with Gasteiger partial charge in [0.2, 0.25) is 0 Å². The second-order valence-electron chi connectivity index (χ2n) is 13.0. The third-order valence-corrected chi connectivity index (χ3v) is 9.44. The van der Waals surface area contributed by atoms with Crippen molar-refractivity contribution in [3.05, 3.63) is 76.7 Å². The molecule has 0 unspecified atom stereocenters. The molecule has 0 bridgehead atoms. The number of halogens is 3. The third kappa shape index (κ3) is 5.99. The molecule has 2 aromatic carbocycles. The molecule has 4 heterocycles. The first-order valence-electron chi connectivity index (χ1n) is 16.2. The number of amides is 2. The number of nitrogens with two attached hydrogens (primary N) is 1. The smallest absolute Gasteiger partial charge is 0.268 e. The molecule has 0 radical (unpaired) electrons. The Labute approximate surface area is 280 Å². The van der Waals surface area contributed by atoms with E-state index in [2.05, 4.69) is 9.88 Å². The zero-order valence-electron chi connectivity index (χ0n) is 27.6. The molecule has 1 aliphatic carbocycles. The minimum atomic E-state index is -1.29. The van der Waals surface area contributed by atoms with Gasteiger partial charge in [0.05, 0.1) is 36.6 Å². The first-order valence-corrected chi connectivity index (χ1v) is 16.2. The highest BCUT2D eigenvalue weighted by atomic mass is 19.1. The molecule has 256 valence electrons. The number of rotatable bonds is 8. The molecule has 2 fully saturated rings. The van der Waals surface area contributed by atoms with Gasteiger partial charge in [-0.1, -0.05) is 0 Å². The van der Waals surface area contributed by atoms with Gasteiger partial charge < -0.3 is 24.9 Å². The average molecular weight is 675 g/mol. The number of nitrogens with one attached hydrogen (secondary N) is 1. The number of hydrogen-bond donors (Lipinski definition) is 2. The number of ether oxygens (including phenoxy) is 1. The van der Waals surface area contributed by atoms with Gasteiger partial charge in [-0.2, -0.15) is 0 Å². The van der Waals surface area contributed by atoms with Gasteiger partial charge in [0.25, 0.3) is 11.8 Å². The Morgan fingerprint density at radius 1 is 1.04 bits per heavy atom. The summed E-state index contributed by atoms with van der Waals surface area (Å²) in [5.41, 5.74) is 9.04. The van der Waals surface area contributed by atoms with E-state index < -0.39 is 35.0 Å². The summed E-state index contributed by atoms with van der Waals surface area (Å²) in [5, 5.41) is 6.97. The maximum absolute atomic E-state index is 14.3. The van der Waals surface area contributed by atoms with Gasteiger partial charge in [-0.3, -0.25) is 14.6 Å². The lowest BCUT2D eigenvalue weighted by molar-refractivity contribution is -0.0168. The van der Waals surface area contributed by atoms with Crippen LogP contribution in [0.25, 0.3) is 33.6 Å². The minimum absolute atomic E-state index is 0.102. The van der Waals surface area contributed by atoms with Crippen LogP contribution in [0.3, 0.4) is 0 Å². The second-order valence-corrected chi connectivity index (χ2v) is 13.0. The van der Waals surface area contributed by atoms with Crippen molar-refractivity contribution in [3.8, 4) is 17.3 Å². The van der Waals surface area contributed by atoms with Crippen LogP contribution < -0.4 is 15.8 Å². The molecular weight excluding hydrogens is 637 g/mol. The Bertz CT molecular complexity index is 2100. The molecular formula is C35H37F3N8O3. The van der Waals surface area contributed by atoms with E-state index in [0.29, 0.717) is 71.7 Å². The number of aromatic nitrogens is 4. The van der Waals surface area contributed by atoms with E-state index in [1.165, 1.54) is 0 Å². The quantitative estimate of drug-likeness (QED) is 0.239. The van der Waals surface area contributed by atoms with Crippen LogP contribution in [0.1, 0.15) is 58.6 Å². The zero-order valence-corrected chi connectivity index (χ0v) is 27.6. The Hall–Kier alpha value is -4.95. The Morgan fingerprint density at radius 3 is 2.47 bits per heavy atom. The number of imidazole rings is 1. The fourth-order valence-electron chi connectivity index (χ4n) is 6.55. The van der Waals surface area contributed by atoms with E-state index in [1.54, 1.807) is 37.2 Å². The predicted octanol–water partition coefficient (Wildman–Crippen LogP) is 4.94. The highest BCUT2D eigenvalue weighted by Crippen LogP contribution is 2.38. The Morgan fingerprint density at radius 2 is 1.78 bits per heavy atom. The monoisotopic (exact) mass is 674 g/mol. The molecule has 2 amide bonds. The van der Waals surface area contributed by atoms with Crippen LogP contribution >= 0.6 is 0 Å².